The van der Waals surface area contributed by atoms with Gasteiger partial charge in [0.2, 0.25) is 5.91 Å². The summed E-state index contributed by atoms with van der Waals surface area (Å²) in [5.41, 5.74) is 2.18. The smallest absolute Gasteiger partial charge is 0.279 e. The van der Waals surface area contributed by atoms with E-state index in [-0.39, 0.29) is 42.5 Å². The van der Waals surface area contributed by atoms with E-state index in [1.54, 1.807) is 70.7 Å². The van der Waals surface area contributed by atoms with Crippen LogP contribution >= 0.6 is 0 Å². The zero-order valence-electron chi connectivity index (χ0n) is 35.1. The largest absolute Gasteiger partial charge is 0.432 e. The quantitative estimate of drug-likeness (QED) is 0.181. The SMILES string of the molecule is C[C@H]1[C@H]([Si](C)(C)O)[C@@H](CC(=O)N2Cc3ccccc3C[C@H]2CO)O[C@]12C(=O)N(Cc1ccc(-n3ncc4ccccc4c3=O)cc1)c1ccc(-n3ncc4ccccc4c3=O)cc12. The third-order valence-electron chi connectivity index (χ3n) is 13.4. The number of benzene rings is 5. The highest BCUT2D eigenvalue weighted by Gasteiger charge is 2.66. The minimum absolute atomic E-state index is 0.107. The number of hydrogen-bond acceptors (Lipinski definition) is 9. The standard InChI is InChI=1S/C49H46N6O7Si/c1-30-45(63(2,3)61)43(24-44(57)52-28-35-13-5-4-10-32(35)22-38(52)29-56)62-49(30)41-23-37(55-47(59)40-15-9-7-12-34(40)26-51-55)20-21-42(41)53(48(49)60)27-31-16-18-36(19-17-31)54-46(58)39-14-8-6-11-33(39)25-50-54/h4-21,23,25-26,30,38,43,45,56,61H,22,24,27-29H2,1-3H3/t30-,38-,43+,45-,49+/m0/s1. The monoisotopic (exact) mass is 858 g/mol. The highest BCUT2D eigenvalue weighted by Crippen LogP contribution is 2.60. The zero-order chi connectivity index (χ0) is 43.8. The molecule has 1 fully saturated rings. The summed E-state index contributed by atoms with van der Waals surface area (Å²) in [5.74, 6) is -1.18. The molecule has 1 saturated heterocycles. The van der Waals surface area contributed by atoms with Gasteiger partial charge in [-0.3, -0.25) is 19.2 Å². The normalized spacial score (nSPS) is 22.0. The van der Waals surface area contributed by atoms with Crippen molar-refractivity contribution in [3.63, 3.8) is 0 Å². The Bertz CT molecular complexity index is 3090. The summed E-state index contributed by atoms with van der Waals surface area (Å²) < 4.78 is 9.77. The van der Waals surface area contributed by atoms with E-state index in [0.717, 1.165) is 22.1 Å². The van der Waals surface area contributed by atoms with Gasteiger partial charge in [-0.1, -0.05) is 79.7 Å². The first-order valence-corrected chi connectivity index (χ1v) is 24.3. The van der Waals surface area contributed by atoms with Gasteiger partial charge in [-0.25, -0.2) is 0 Å². The molecule has 0 aliphatic carbocycles. The fraction of sp³-hybridized carbons (Fsp3) is 0.265. The molecular formula is C49H46N6O7Si. The number of carbonyl (C=O) groups is 2. The lowest BCUT2D eigenvalue weighted by atomic mass is 9.82. The fourth-order valence-corrected chi connectivity index (χ4v) is 12.9. The van der Waals surface area contributed by atoms with Gasteiger partial charge in [0.05, 0.1) is 71.9 Å². The van der Waals surface area contributed by atoms with Crippen molar-refractivity contribution in [1.82, 2.24) is 24.5 Å². The number of aliphatic hydroxyl groups excluding tert-OH is 1. The maximum Gasteiger partial charge on any atom is 0.279 e. The van der Waals surface area contributed by atoms with E-state index in [1.165, 1.54) is 9.36 Å². The number of nitrogens with zero attached hydrogens (tertiary/aromatic N) is 6. The van der Waals surface area contributed by atoms with E-state index < -0.39 is 37.5 Å². The lowest BCUT2D eigenvalue weighted by Gasteiger charge is -2.37. The van der Waals surface area contributed by atoms with Crippen LogP contribution in [0.3, 0.4) is 0 Å². The second kappa shape index (κ2) is 15.3. The Labute approximate surface area is 363 Å². The van der Waals surface area contributed by atoms with E-state index in [0.29, 0.717) is 51.7 Å². The van der Waals surface area contributed by atoms with Crippen LogP contribution in [0.25, 0.3) is 32.9 Å². The first kappa shape index (κ1) is 40.5. The number of hydrogen-bond donors (Lipinski definition) is 2. The van der Waals surface area contributed by atoms with Gasteiger partial charge in [-0.15, -0.1) is 0 Å². The molecule has 2 N–H and O–H groups in total. The fourth-order valence-electron chi connectivity index (χ4n) is 10.4. The molecule has 63 heavy (non-hydrogen) atoms. The molecule has 0 bridgehead atoms. The van der Waals surface area contributed by atoms with Crippen LogP contribution in [-0.4, -0.2) is 73.2 Å². The van der Waals surface area contributed by atoms with Crippen LogP contribution in [0.4, 0.5) is 5.69 Å². The van der Waals surface area contributed by atoms with Gasteiger partial charge in [0.15, 0.2) is 13.9 Å². The average molecular weight is 859 g/mol. The molecule has 3 aliphatic rings. The lowest BCUT2D eigenvalue weighted by molar-refractivity contribution is -0.151. The van der Waals surface area contributed by atoms with E-state index in [9.17, 15) is 24.3 Å². The van der Waals surface area contributed by atoms with Gasteiger partial charge in [-0.2, -0.15) is 19.6 Å². The number of carbonyl (C=O) groups excluding carboxylic acids is 2. The molecule has 7 aromatic rings. The van der Waals surface area contributed by atoms with Crippen LogP contribution in [0, 0.1) is 5.92 Å². The number of fused-ring (bicyclic) bond motifs is 5. The van der Waals surface area contributed by atoms with Crippen LogP contribution in [0.15, 0.2) is 137 Å². The molecule has 2 aromatic heterocycles. The number of aliphatic hydroxyl groups is 1. The molecule has 1 spiro atoms. The topological polar surface area (TPSA) is 160 Å². The predicted molar refractivity (Wildman–Crippen MR) is 241 cm³/mol. The summed E-state index contributed by atoms with van der Waals surface area (Å²) >= 11 is 0. The third kappa shape index (κ3) is 6.63. The summed E-state index contributed by atoms with van der Waals surface area (Å²) in [6, 6.07) is 34.6. The van der Waals surface area contributed by atoms with Crippen molar-refractivity contribution in [3.05, 3.63) is 171 Å². The maximum absolute atomic E-state index is 15.5. The Morgan fingerprint density at radius 1 is 0.794 bits per heavy atom. The van der Waals surface area contributed by atoms with Crippen molar-refractivity contribution in [2.45, 2.75) is 69.2 Å². The van der Waals surface area contributed by atoms with Gasteiger partial charge >= 0.3 is 0 Å². The van der Waals surface area contributed by atoms with E-state index in [4.69, 9.17) is 4.74 Å². The molecule has 5 aromatic carbocycles. The molecule has 14 heteroatoms. The van der Waals surface area contributed by atoms with E-state index in [2.05, 4.69) is 10.2 Å². The van der Waals surface area contributed by atoms with Gasteiger partial charge in [0.1, 0.15) is 0 Å². The molecule has 0 unspecified atom stereocenters. The molecular weight excluding hydrogens is 813 g/mol. The second-order valence-electron chi connectivity index (χ2n) is 17.6. The minimum atomic E-state index is -3.18. The Kier molecular flexibility index (Phi) is 9.86. The summed E-state index contributed by atoms with van der Waals surface area (Å²) in [4.78, 5) is 72.6. The van der Waals surface area contributed by atoms with Crippen molar-refractivity contribution in [2.24, 2.45) is 5.92 Å². The van der Waals surface area contributed by atoms with Crippen molar-refractivity contribution < 1.29 is 24.2 Å². The zero-order valence-corrected chi connectivity index (χ0v) is 36.1. The summed E-state index contributed by atoms with van der Waals surface area (Å²) in [7, 11) is -3.18. The van der Waals surface area contributed by atoms with Gasteiger partial charge < -0.3 is 24.4 Å². The Morgan fingerprint density at radius 3 is 2.02 bits per heavy atom. The molecule has 5 atom stereocenters. The molecule has 3 aliphatic heterocycles. The lowest BCUT2D eigenvalue weighted by Crippen LogP contribution is -2.48. The second-order valence-corrected chi connectivity index (χ2v) is 21.5. The van der Waals surface area contributed by atoms with Crippen molar-refractivity contribution in [2.75, 3.05) is 11.5 Å². The van der Waals surface area contributed by atoms with E-state index in [1.807, 2.05) is 86.7 Å². The molecule has 13 nitrogen and oxygen atoms in total. The maximum atomic E-state index is 15.5. The van der Waals surface area contributed by atoms with Crippen molar-refractivity contribution >= 4 is 47.4 Å². The van der Waals surface area contributed by atoms with Gasteiger partial charge in [0, 0.05) is 34.3 Å². The summed E-state index contributed by atoms with van der Waals surface area (Å²) in [6.45, 7) is 5.79. The highest BCUT2D eigenvalue weighted by molar-refractivity contribution is 6.71. The van der Waals surface area contributed by atoms with Crippen molar-refractivity contribution in [3.8, 4) is 11.4 Å². The highest BCUT2D eigenvalue weighted by atomic mass is 28.4. The Morgan fingerprint density at radius 2 is 1.38 bits per heavy atom. The Balaban J connectivity index is 1.04. The molecule has 318 valence electrons. The van der Waals surface area contributed by atoms with Crippen LogP contribution < -0.4 is 16.0 Å². The minimum Gasteiger partial charge on any atom is -0.432 e. The average Bonchev–Trinajstić information content (AvgIpc) is 3.71. The molecule has 0 radical (unpaired) electrons. The number of rotatable bonds is 8. The number of anilines is 1. The van der Waals surface area contributed by atoms with Crippen molar-refractivity contribution in [1.29, 1.82) is 0 Å². The first-order chi connectivity index (χ1) is 30.4. The Hall–Kier alpha value is -6.58. The predicted octanol–water partition coefficient (Wildman–Crippen LogP) is 5.77. The summed E-state index contributed by atoms with van der Waals surface area (Å²) in [5, 5.41) is 21.9. The van der Waals surface area contributed by atoms with Crippen LogP contribution in [0.5, 0.6) is 0 Å². The van der Waals surface area contributed by atoms with Gasteiger partial charge in [0.25, 0.3) is 17.0 Å². The number of amides is 2. The van der Waals surface area contributed by atoms with Gasteiger partial charge in [-0.05, 0) is 78.7 Å². The van der Waals surface area contributed by atoms with E-state index >= 15 is 4.79 Å². The molecule has 10 rings (SSSR count). The third-order valence-corrected chi connectivity index (χ3v) is 15.9. The number of ether oxygens (including phenoxy) is 1. The van der Waals surface area contributed by atoms with Crippen LogP contribution in [0.1, 0.15) is 35.6 Å². The molecule has 5 heterocycles. The molecule has 0 saturated carbocycles. The summed E-state index contributed by atoms with van der Waals surface area (Å²) in [6.07, 6.45) is 2.85. The number of aromatic nitrogens is 4. The molecule has 2 amide bonds. The van der Waals surface area contributed by atoms with Crippen LogP contribution in [0.2, 0.25) is 18.6 Å². The van der Waals surface area contributed by atoms with Crippen LogP contribution in [-0.2, 0) is 39.4 Å². The first-order valence-electron chi connectivity index (χ1n) is 21.2.